The maximum Gasteiger partial charge on any atom is 0.305 e. The van der Waals surface area contributed by atoms with Crippen molar-refractivity contribution in [1.29, 1.82) is 0 Å². The standard InChI is InChI=1S/C71H135NO5/c1-3-5-7-9-11-13-14-15-16-39-42-45-49-53-57-61-65-71(76)77-66-62-58-54-50-46-43-40-37-35-33-31-29-27-25-23-21-19-17-18-20-22-24-26-28-30-32-34-36-38-41-44-48-52-56-60-64-70(75)72-68(67-73)69(74)63-59-55-51-47-12-10-8-6-4-2/h16,19,21,39,59,63,68-69,73-74H,3-15,17-18,20,22-38,40-58,60-62,64-67H2,1-2H3,(H,72,75)/b21-19-,39-16-,63-59+. The van der Waals surface area contributed by atoms with Gasteiger partial charge in [-0.05, 0) is 83.5 Å². The lowest BCUT2D eigenvalue weighted by Gasteiger charge is -2.20. The Labute approximate surface area is 481 Å². The number of aliphatic hydroxyl groups is 2. The van der Waals surface area contributed by atoms with Crippen LogP contribution in [0.15, 0.2) is 36.5 Å². The van der Waals surface area contributed by atoms with E-state index in [4.69, 9.17) is 4.74 Å². The van der Waals surface area contributed by atoms with Crippen LogP contribution in [0.1, 0.15) is 380 Å². The van der Waals surface area contributed by atoms with E-state index < -0.39 is 12.1 Å². The molecule has 0 saturated carbocycles. The average Bonchev–Trinajstić information content (AvgIpc) is 3.43. The smallest absolute Gasteiger partial charge is 0.305 e. The Morgan fingerprint density at radius 3 is 0.922 bits per heavy atom. The van der Waals surface area contributed by atoms with E-state index in [-0.39, 0.29) is 18.5 Å². The van der Waals surface area contributed by atoms with Crippen molar-refractivity contribution in [3.8, 4) is 0 Å². The summed E-state index contributed by atoms with van der Waals surface area (Å²) in [4.78, 5) is 24.5. The Morgan fingerprint density at radius 2 is 0.610 bits per heavy atom. The first kappa shape index (κ1) is 75.1. The number of hydrogen-bond acceptors (Lipinski definition) is 5. The number of amides is 1. The number of unbranched alkanes of at least 4 members (excludes halogenated alkanes) is 50. The molecule has 0 bridgehead atoms. The largest absolute Gasteiger partial charge is 0.466 e. The van der Waals surface area contributed by atoms with Gasteiger partial charge in [0.15, 0.2) is 0 Å². The number of carbonyl (C=O) groups is 2. The number of esters is 1. The maximum absolute atomic E-state index is 12.4. The third-order valence-corrected chi connectivity index (χ3v) is 16.1. The van der Waals surface area contributed by atoms with E-state index in [1.165, 1.54) is 308 Å². The van der Waals surface area contributed by atoms with Gasteiger partial charge in [0, 0.05) is 12.8 Å². The Balaban J connectivity index is 3.32. The van der Waals surface area contributed by atoms with Crippen molar-refractivity contribution in [2.45, 2.75) is 392 Å². The normalized spacial score (nSPS) is 12.7. The minimum atomic E-state index is -0.839. The van der Waals surface area contributed by atoms with E-state index >= 15 is 0 Å². The van der Waals surface area contributed by atoms with Gasteiger partial charge in [-0.2, -0.15) is 0 Å². The fraction of sp³-hybridized carbons (Fsp3) is 0.887. The molecule has 0 radical (unpaired) electrons. The van der Waals surface area contributed by atoms with Crippen LogP contribution in [0.3, 0.4) is 0 Å². The summed E-state index contributed by atoms with van der Waals surface area (Å²) in [7, 11) is 0. The molecule has 2 atom stereocenters. The number of aliphatic hydroxyl groups excluding tert-OH is 2. The highest BCUT2D eigenvalue weighted by Gasteiger charge is 2.18. The molecule has 1 amide bonds. The van der Waals surface area contributed by atoms with E-state index in [2.05, 4.69) is 43.5 Å². The highest BCUT2D eigenvalue weighted by molar-refractivity contribution is 5.76. The van der Waals surface area contributed by atoms with Crippen molar-refractivity contribution in [3.05, 3.63) is 36.5 Å². The zero-order valence-corrected chi connectivity index (χ0v) is 52.0. The third-order valence-electron chi connectivity index (χ3n) is 16.1. The molecule has 77 heavy (non-hydrogen) atoms. The second-order valence-corrected chi connectivity index (χ2v) is 23.9. The first-order valence-corrected chi connectivity index (χ1v) is 34.8. The summed E-state index contributed by atoms with van der Waals surface area (Å²) in [5.74, 6) is -0.0533. The lowest BCUT2D eigenvalue weighted by atomic mass is 10.0. The second kappa shape index (κ2) is 66.6. The second-order valence-electron chi connectivity index (χ2n) is 23.9. The topological polar surface area (TPSA) is 95.9 Å². The monoisotopic (exact) mass is 1080 g/mol. The molecule has 0 aliphatic rings. The van der Waals surface area contributed by atoms with Crippen LogP contribution in [0.4, 0.5) is 0 Å². The number of allylic oxidation sites excluding steroid dienone is 5. The zero-order chi connectivity index (χ0) is 55.7. The van der Waals surface area contributed by atoms with Crippen molar-refractivity contribution in [2.24, 2.45) is 0 Å². The summed E-state index contributed by atoms with van der Waals surface area (Å²) in [6.45, 7) is 4.89. The summed E-state index contributed by atoms with van der Waals surface area (Å²) in [6.07, 6.45) is 85.3. The van der Waals surface area contributed by atoms with Crippen molar-refractivity contribution in [2.75, 3.05) is 13.2 Å². The maximum atomic E-state index is 12.4. The van der Waals surface area contributed by atoms with E-state index in [1.807, 2.05) is 6.08 Å². The molecular weight excluding hydrogens is 947 g/mol. The fourth-order valence-electron chi connectivity index (χ4n) is 10.8. The summed E-state index contributed by atoms with van der Waals surface area (Å²) in [5, 5.41) is 23.0. The van der Waals surface area contributed by atoms with Gasteiger partial charge in [0.2, 0.25) is 5.91 Å². The first-order chi connectivity index (χ1) is 38.0. The van der Waals surface area contributed by atoms with Crippen molar-refractivity contribution >= 4 is 11.9 Å². The number of hydrogen-bond donors (Lipinski definition) is 3. The third kappa shape index (κ3) is 63.1. The molecule has 454 valence electrons. The molecule has 3 N–H and O–H groups in total. The highest BCUT2D eigenvalue weighted by atomic mass is 16.5. The zero-order valence-electron chi connectivity index (χ0n) is 52.0. The van der Waals surface area contributed by atoms with Crippen LogP contribution in [0, 0.1) is 0 Å². The summed E-state index contributed by atoms with van der Waals surface area (Å²) in [5.41, 5.74) is 0. The van der Waals surface area contributed by atoms with Crippen molar-refractivity contribution < 1.29 is 24.5 Å². The quantitative estimate of drug-likeness (QED) is 0.0320. The molecule has 0 heterocycles. The van der Waals surface area contributed by atoms with Gasteiger partial charge in [0.25, 0.3) is 0 Å². The molecule has 0 saturated heterocycles. The van der Waals surface area contributed by atoms with Crippen molar-refractivity contribution in [3.63, 3.8) is 0 Å². The fourth-order valence-corrected chi connectivity index (χ4v) is 10.8. The number of ether oxygens (including phenoxy) is 1. The van der Waals surface area contributed by atoms with Crippen molar-refractivity contribution in [1.82, 2.24) is 5.32 Å². The summed E-state index contributed by atoms with van der Waals surface area (Å²) in [6, 6.07) is -0.623. The molecule has 6 nitrogen and oxygen atoms in total. The molecule has 6 heteroatoms. The Kier molecular flexibility index (Phi) is 64.9. The number of rotatable bonds is 65. The van der Waals surface area contributed by atoms with E-state index in [0.717, 1.165) is 44.9 Å². The van der Waals surface area contributed by atoms with Crippen LogP contribution in [0.25, 0.3) is 0 Å². The summed E-state index contributed by atoms with van der Waals surface area (Å²) < 4.78 is 5.50. The van der Waals surface area contributed by atoms with E-state index in [9.17, 15) is 19.8 Å². The lowest BCUT2D eigenvalue weighted by molar-refractivity contribution is -0.143. The van der Waals surface area contributed by atoms with Crippen LogP contribution in [0.2, 0.25) is 0 Å². The molecule has 0 spiro atoms. The molecule has 2 unspecified atom stereocenters. The van der Waals surface area contributed by atoms with E-state index in [1.54, 1.807) is 6.08 Å². The molecule has 0 aliphatic heterocycles. The highest BCUT2D eigenvalue weighted by Crippen LogP contribution is 2.18. The molecule has 0 fully saturated rings. The Bertz CT molecular complexity index is 1250. The Hall–Kier alpha value is -1.92. The summed E-state index contributed by atoms with van der Waals surface area (Å²) >= 11 is 0. The van der Waals surface area contributed by atoms with Crippen LogP contribution in [0.5, 0.6) is 0 Å². The average molecular weight is 1080 g/mol. The molecule has 0 aliphatic carbocycles. The number of carbonyl (C=O) groups excluding carboxylic acids is 2. The molecular formula is C71H135NO5. The van der Waals surface area contributed by atoms with Crippen LogP contribution in [-0.2, 0) is 14.3 Å². The molecule has 0 aromatic heterocycles. The minimum Gasteiger partial charge on any atom is -0.466 e. The lowest BCUT2D eigenvalue weighted by Crippen LogP contribution is -2.45. The van der Waals surface area contributed by atoms with Gasteiger partial charge in [0.05, 0.1) is 25.4 Å². The van der Waals surface area contributed by atoms with Crippen LogP contribution >= 0.6 is 0 Å². The first-order valence-electron chi connectivity index (χ1n) is 34.8. The Morgan fingerprint density at radius 1 is 0.351 bits per heavy atom. The molecule has 0 aromatic carbocycles. The number of nitrogens with one attached hydrogen (secondary N) is 1. The van der Waals surface area contributed by atoms with Gasteiger partial charge >= 0.3 is 5.97 Å². The van der Waals surface area contributed by atoms with Gasteiger partial charge in [-0.25, -0.2) is 0 Å². The SMILES string of the molecule is CCCCCCCCC/C=C\CCCCCCCC(=O)OCCCCCCCCCCCCCCCC/C=C\CCCCCCCCCCCCCCCCCCCC(=O)NC(CO)C(O)/C=C/CCCCCCCCC. The molecule has 0 aromatic rings. The van der Waals surface area contributed by atoms with Gasteiger partial charge < -0.3 is 20.3 Å². The van der Waals surface area contributed by atoms with E-state index in [0.29, 0.717) is 19.4 Å². The van der Waals surface area contributed by atoms with Gasteiger partial charge in [-0.3, -0.25) is 9.59 Å². The molecule has 0 rings (SSSR count). The minimum absolute atomic E-state index is 0.0128. The van der Waals surface area contributed by atoms with Gasteiger partial charge in [-0.15, -0.1) is 0 Å². The van der Waals surface area contributed by atoms with Crippen LogP contribution < -0.4 is 5.32 Å². The van der Waals surface area contributed by atoms with Gasteiger partial charge in [0.1, 0.15) is 0 Å². The predicted molar refractivity (Wildman–Crippen MR) is 338 cm³/mol. The van der Waals surface area contributed by atoms with Crippen LogP contribution in [-0.4, -0.2) is 47.4 Å². The van der Waals surface area contributed by atoms with Gasteiger partial charge in [-0.1, -0.05) is 320 Å². The predicted octanol–water partition coefficient (Wildman–Crippen LogP) is 22.3.